The summed E-state index contributed by atoms with van der Waals surface area (Å²) in [5.41, 5.74) is -0.505. The van der Waals surface area contributed by atoms with E-state index in [4.69, 9.17) is 5.11 Å². The molecule has 0 saturated carbocycles. The number of halogens is 2. The zero-order chi connectivity index (χ0) is 14.9. The van der Waals surface area contributed by atoms with Gasteiger partial charge in [-0.15, -0.1) is 0 Å². The van der Waals surface area contributed by atoms with E-state index in [0.717, 1.165) is 0 Å². The van der Waals surface area contributed by atoms with Gasteiger partial charge in [-0.3, -0.25) is 9.59 Å². The van der Waals surface area contributed by atoms with Crippen molar-refractivity contribution in [3.05, 3.63) is 34.1 Å². The van der Waals surface area contributed by atoms with Crippen molar-refractivity contribution in [1.29, 1.82) is 0 Å². The third-order valence-electron chi connectivity index (χ3n) is 3.78. The molecule has 0 bridgehead atoms. The summed E-state index contributed by atoms with van der Waals surface area (Å²) in [6.45, 7) is 2.43. The first-order valence-corrected chi connectivity index (χ1v) is 7.10. The predicted octanol–water partition coefficient (Wildman–Crippen LogP) is 2.92. The summed E-state index contributed by atoms with van der Waals surface area (Å²) < 4.78 is 13.8. The van der Waals surface area contributed by atoms with Gasteiger partial charge in [0, 0.05) is 23.1 Å². The number of rotatable bonds is 2. The molecule has 0 aliphatic carbocycles. The monoisotopic (exact) mass is 343 g/mol. The molecule has 1 amide bonds. The molecule has 0 aromatic heterocycles. The first-order valence-electron chi connectivity index (χ1n) is 6.31. The van der Waals surface area contributed by atoms with Gasteiger partial charge in [-0.1, -0.05) is 15.9 Å². The van der Waals surface area contributed by atoms with Gasteiger partial charge in [0.15, 0.2) is 0 Å². The van der Waals surface area contributed by atoms with Gasteiger partial charge >= 0.3 is 5.97 Å². The normalized spacial score (nSPS) is 17.9. The summed E-state index contributed by atoms with van der Waals surface area (Å²) in [6, 6.07) is 4.04. The van der Waals surface area contributed by atoms with Crippen molar-refractivity contribution in [1.82, 2.24) is 4.90 Å². The maximum Gasteiger partial charge on any atom is 0.309 e. The number of likely N-dealkylation sites (tertiary alicyclic amines) is 1. The van der Waals surface area contributed by atoms with Gasteiger partial charge in [0.2, 0.25) is 0 Å². The van der Waals surface area contributed by atoms with E-state index in [1.165, 1.54) is 12.1 Å². The fourth-order valence-electron chi connectivity index (χ4n) is 2.28. The molecule has 1 aromatic rings. The highest BCUT2D eigenvalue weighted by atomic mass is 79.9. The van der Waals surface area contributed by atoms with E-state index < -0.39 is 17.2 Å². The molecular weight excluding hydrogens is 329 g/mol. The van der Waals surface area contributed by atoms with Gasteiger partial charge in [-0.25, -0.2) is 4.39 Å². The minimum atomic E-state index is -0.835. The Hall–Kier alpha value is -1.43. The van der Waals surface area contributed by atoms with Gasteiger partial charge in [-0.05, 0) is 38.0 Å². The summed E-state index contributed by atoms with van der Waals surface area (Å²) in [7, 11) is 0. The van der Waals surface area contributed by atoms with E-state index in [9.17, 15) is 14.0 Å². The molecule has 1 fully saturated rings. The quantitative estimate of drug-likeness (QED) is 0.898. The van der Waals surface area contributed by atoms with Gasteiger partial charge < -0.3 is 10.0 Å². The largest absolute Gasteiger partial charge is 0.481 e. The van der Waals surface area contributed by atoms with Crippen LogP contribution in [0.3, 0.4) is 0 Å². The molecule has 0 atom stereocenters. The molecule has 20 heavy (non-hydrogen) atoms. The molecule has 2 rings (SSSR count). The van der Waals surface area contributed by atoms with Crippen LogP contribution in [0.1, 0.15) is 30.1 Å². The Morgan fingerprint density at radius 2 is 1.90 bits per heavy atom. The summed E-state index contributed by atoms with van der Waals surface area (Å²) >= 11 is 3.15. The second kappa shape index (κ2) is 5.52. The Balaban J connectivity index is 2.10. The Kier molecular flexibility index (Phi) is 4.13. The van der Waals surface area contributed by atoms with Gasteiger partial charge in [0.05, 0.1) is 5.41 Å². The molecule has 1 aromatic carbocycles. The first-order chi connectivity index (χ1) is 9.32. The smallest absolute Gasteiger partial charge is 0.309 e. The molecule has 1 heterocycles. The van der Waals surface area contributed by atoms with Crippen LogP contribution in [0.4, 0.5) is 4.39 Å². The van der Waals surface area contributed by atoms with Crippen LogP contribution in [0.25, 0.3) is 0 Å². The average Bonchev–Trinajstić information content (AvgIpc) is 2.37. The molecule has 1 aliphatic heterocycles. The summed E-state index contributed by atoms with van der Waals surface area (Å²) in [5, 5.41) is 9.15. The van der Waals surface area contributed by atoms with E-state index in [1.54, 1.807) is 17.9 Å². The van der Waals surface area contributed by atoms with E-state index in [1.807, 2.05) is 0 Å². The highest BCUT2D eigenvalue weighted by molar-refractivity contribution is 9.10. The molecular formula is C14H15BrFNO3. The summed E-state index contributed by atoms with van der Waals surface area (Å²) in [4.78, 5) is 25.0. The lowest BCUT2D eigenvalue weighted by Gasteiger charge is -2.36. The van der Waals surface area contributed by atoms with Crippen molar-refractivity contribution >= 4 is 27.8 Å². The molecule has 4 nitrogen and oxygen atoms in total. The zero-order valence-corrected chi connectivity index (χ0v) is 12.6. The lowest BCUT2D eigenvalue weighted by Crippen LogP contribution is -2.45. The van der Waals surface area contributed by atoms with Crippen molar-refractivity contribution in [2.24, 2.45) is 5.41 Å². The number of amides is 1. The Bertz CT molecular complexity index is 533. The van der Waals surface area contributed by atoms with Crippen molar-refractivity contribution < 1.29 is 19.1 Å². The van der Waals surface area contributed by atoms with Crippen LogP contribution in [-0.4, -0.2) is 35.0 Å². The van der Waals surface area contributed by atoms with Crippen LogP contribution in [0, 0.1) is 11.2 Å². The predicted molar refractivity (Wildman–Crippen MR) is 75.0 cm³/mol. The van der Waals surface area contributed by atoms with Crippen LogP contribution in [0.15, 0.2) is 22.7 Å². The number of nitrogens with zero attached hydrogens (tertiary/aromatic N) is 1. The first kappa shape index (κ1) is 15.0. The molecule has 0 radical (unpaired) electrons. The number of aliphatic carboxylic acids is 1. The number of hydrogen-bond donors (Lipinski definition) is 1. The fraction of sp³-hybridized carbons (Fsp3) is 0.429. The highest BCUT2D eigenvalue weighted by Crippen LogP contribution is 2.31. The molecule has 0 spiro atoms. The number of piperidine rings is 1. The number of carboxylic acid groups (broad SMARTS) is 1. The van der Waals surface area contributed by atoms with Crippen LogP contribution in [0.5, 0.6) is 0 Å². The maximum absolute atomic E-state index is 13.3. The van der Waals surface area contributed by atoms with E-state index in [0.29, 0.717) is 30.4 Å². The van der Waals surface area contributed by atoms with E-state index in [2.05, 4.69) is 15.9 Å². The molecule has 108 valence electrons. The lowest BCUT2D eigenvalue weighted by molar-refractivity contribution is -0.150. The fourth-order valence-corrected chi connectivity index (χ4v) is 2.74. The third kappa shape index (κ3) is 3.00. The highest BCUT2D eigenvalue weighted by Gasteiger charge is 2.38. The molecule has 1 aliphatic rings. The van der Waals surface area contributed by atoms with Gasteiger partial charge in [0.25, 0.3) is 5.91 Å². The SMILES string of the molecule is CC1(C(=O)O)CCN(C(=O)c2cc(F)cc(Br)c2)CC1. The summed E-state index contributed by atoms with van der Waals surface area (Å²) in [5.74, 6) is -1.58. The van der Waals surface area contributed by atoms with E-state index in [-0.39, 0.29) is 11.5 Å². The number of carbonyl (C=O) groups is 2. The number of carboxylic acids is 1. The van der Waals surface area contributed by atoms with Crippen LogP contribution in [-0.2, 0) is 4.79 Å². The minimum absolute atomic E-state index is 0.266. The lowest BCUT2D eigenvalue weighted by atomic mass is 9.80. The molecule has 1 saturated heterocycles. The van der Waals surface area contributed by atoms with Crippen molar-refractivity contribution in [2.75, 3.05) is 13.1 Å². The third-order valence-corrected chi connectivity index (χ3v) is 4.24. The molecule has 1 N–H and O–H groups in total. The standard InChI is InChI=1S/C14H15BrFNO3/c1-14(13(19)20)2-4-17(5-3-14)12(18)9-6-10(15)8-11(16)7-9/h6-8H,2-5H2,1H3,(H,19,20). The second-order valence-corrected chi connectivity index (χ2v) is 6.23. The topological polar surface area (TPSA) is 57.6 Å². The van der Waals surface area contributed by atoms with Crippen molar-refractivity contribution in [3.8, 4) is 0 Å². The maximum atomic E-state index is 13.3. The second-order valence-electron chi connectivity index (χ2n) is 5.32. The number of hydrogen-bond acceptors (Lipinski definition) is 2. The van der Waals surface area contributed by atoms with Crippen molar-refractivity contribution in [3.63, 3.8) is 0 Å². The Labute approximate surface area is 124 Å². The van der Waals surface area contributed by atoms with Gasteiger partial charge in [-0.2, -0.15) is 0 Å². The van der Waals surface area contributed by atoms with Crippen LogP contribution < -0.4 is 0 Å². The van der Waals surface area contributed by atoms with E-state index >= 15 is 0 Å². The van der Waals surface area contributed by atoms with Crippen molar-refractivity contribution in [2.45, 2.75) is 19.8 Å². The van der Waals surface area contributed by atoms with Crippen LogP contribution in [0.2, 0.25) is 0 Å². The Morgan fingerprint density at radius 1 is 1.30 bits per heavy atom. The average molecular weight is 344 g/mol. The van der Waals surface area contributed by atoms with Gasteiger partial charge in [0.1, 0.15) is 5.82 Å². The minimum Gasteiger partial charge on any atom is -0.481 e. The van der Waals surface area contributed by atoms with Crippen LogP contribution >= 0.6 is 15.9 Å². The molecule has 6 heteroatoms. The Morgan fingerprint density at radius 3 is 2.40 bits per heavy atom. The number of benzene rings is 1. The summed E-state index contributed by atoms with van der Waals surface area (Å²) in [6.07, 6.45) is 0.815. The molecule has 0 unspecified atom stereocenters. The zero-order valence-electron chi connectivity index (χ0n) is 11.0. The number of carbonyl (C=O) groups excluding carboxylic acids is 1.